The van der Waals surface area contributed by atoms with Crippen LogP contribution in [0, 0.1) is 11.3 Å². The Morgan fingerprint density at radius 2 is 2.00 bits per heavy atom. The van der Waals surface area contributed by atoms with Gasteiger partial charge in [-0.05, 0) is 68.3 Å². The molecule has 2 aromatic carbocycles. The lowest BCUT2D eigenvalue weighted by molar-refractivity contribution is -0.117. The van der Waals surface area contributed by atoms with Crippen LogP contribution < -0.4 is 10.2 Å². The first-order valence-corrected chi connectivity index (χ1v) is 9.78. The van der Waals surface area contributed by atoms with Crippen molar-refractivity contribution in [3.8, 4) is 6.07 Å². The van der Waals surface area contributed by atoms with E-state index < -0.39 is 0 Å². The van der Waals surface area contributed by atoms with Gasteiger partial charge in [0, 0.05) is 37.0 Å². The van der Waals surface area contributed by atoms with E-state index in [1.54, 1.807) is 14.0 Å². The number of nitrogens with one attached hydrogen (secondary N) is 1. The van der Waals surface area contributed by atoms with Crippen LogP contribution >= 0.6 is 0 Å². The molecule has 0 aromatic heterocycles. The number of fused-ring (bicyclic) bond motifs is 1. The second-order valence-electron chi connectivity index (χ2n) is 7.24. The number of allylic oxidation sites excluding steroid dienone is 2. The molecule has 1 amide bonds. The Kier molecular flexibility index (Phi) is 6.13. The van der Waals surface area contributed by atoms with Gasteiger partial charge < -0.3 is 10.2 Å². The van der Waals surface area contributed by atoms with Crippen LogP contribution in [-0.2, 0) is 4.79 Å². The number of carbonyl (C=O) groups excluding carboxylic acids is 1. The van der Waals surface area contributed by atoms with Crippen LogP contribution in [0.1, 0.15) is 49.9 Å². The van der Waals surface area contributed by atoms with Crippen LogP contribution in [0.5, 0.6) is 0 Å². The minimum atomic E-state index is 0.0427. The van der Waals surface area contributed by atoms with Gasteiger partial charge in [-0.3, -0.25) is 9.79 Å². The highest BCUT2D eigenvalue weighted by Gasteiger charge is 2.32. The quantitative estimate of drug-likeness (QED) is 0.764. The molecule has 2 unspecified atom stereocenters. The number of benzene rings is 2. The summed E-state index contributed by atoms with van der Waals surface area (Å²) in [5.41, 5.74) is 5.52. The van der Waals surface area contributed by atoms with Gasteiger partial charge in [0.05, 0.1) is 23.4 Å². The molecular formula is C24H26N4O. The highest BCUT2D eigenvalue weighted by molar-refractivity contribution is 6.09. The average Bonchev–Trinajstić information content (AvgIpc) is 2.72. The van der Waals surface area contributed by atoms with Gasteiger partial charge in [0.1, 0.15) is 0 Å². The maximum atomic E-state index is 12.3. The summed E-state index contributed by atoms with van der Waals surface area (Å²) < 4.78 is 0. The molecule has 5 heteroatoms. The lowest BCUT2D eigenvalue weighted by Gasteiger charge is -2.39. The van der Waals surface area contributed by atoms with Gasteiger partial charge in [0.2, 0.25) is 5.91 Å². The zero-order chi connectivity index (χ0) is 21.0. The number of amides is 1. The van der Waals surface area contributed by atoms with E-state index in [9.17, 15) is 4.79 Å². The standard InChI is InChI=1S/C24H26N4O/c1-5-6-22(26-4)19-9-12-24-21(14-19)23(13-16(2)28(24)17(3)29)27-20-10-7-18(15-25)8-11-20/h5-12,14,16,23,27H,13H2,1-4H3/b6-5-,26-22?. The fourth-order valence-corrected chi connectivity index (χ4v) is 3.94. The summed E-state index contributed by atoms with van der Waals surface area (Å²) in [6.07, 6.45) is 4.75. The Balaban J connectivity index is 2.05. The number of aliphatic imine (C=N–C) groups is 1. The fourth-order valence-electron chi connectivity index (χ4n) is 3.94. The number of nitriles is 1. The van der Waals surface area contributed by atoms with Crippen LogP contribution in [0.25, 0.3) is 0 Å². The monoisotopic (exact) mass is 386 g/mol. The van der Waals surface area contributed by atoms with Crippen LogP contribution in [-0.4, -0.2) is 24.7 Å². The zero-order valence-electron chi connectivity index (χ0n) is 17.3. The van der Waals surface area contributed by atoms with Gasteiger partial charge in [0.15, 0.2) is 0 Å². The molecule has 5 nitrogen and oxygen atoms in total. The summed E-state index contributed by atoms with van der Waals surface area (Å²) >= 11 is 0. The molecule has 1 aliphatic rings. The summed E-state index contributed by atoms with van der Waals surface area (Å²) in [4.78, 5) is 18.6. The molecule has 29 heavy (non-hydrogen) atoms. The topological polar surface area (TPSA) is 68.5 Å². The zero-order valence-corrected chi connectivity index (χ0v) is 17.3. The van der Waals surface area contributed by atoms with Crippen LogP contribution in [0.3, 0.4) is 0 Å². The molecule has 0 bridgehead atoms. The molecule has 0 fully saturated rings. The summed E-state index contributed by atoms with van der Waals surface area (Å²) in [7, 11) is 1.78. The smallest absolute Gasteiger partial charge is 0.224 e. The van der Waals surface area contributed by atoms with E-state index in [-0.39, 0.29) is 18.0 Å². The summed E-state index contributed by atoms with van der Waals surface area (Å²) in [5, 5.41) is 12.6. The predicted octanol–water partition coefficient (Wildman–Crippen LogP) is 4.85. The van der Waals surface area contributed by atoms with E-state index in [4.69, 9.17) is 5.26 Å². The minimum absolute atomic E-state index is 0.0427. The van der Waals surface area contributed by atoms with Crippen molar-refractivity contribution < 1.29 is 4.79 Å². The number of hydrogen-bond acceptors (Lipinski definition) is 4. The third kappa shape index (κ3) is 4.22. The lowest BCUT2D eigenvalue weighted by Crippen LogP contribution is -2.43. The van der Waals surface area contributed by atoms with E-state index in [2.05, 4.69) is 29.4 Å². The number of hydrogen-bond donors (Lipinski definition) is 1. The Morgan fingerprint density at radius 3 is 2.59 bits per heavy atom. The Bertz CT molecular complexity index is 999. The third-order valence-corrected chi connectivity index (χ3v) is 5.24. The molecule has 2 atom stereocenters. The normalized spacial score (nSPS) is 19.0. The van der Waals surface area contributed by atoms with Crippen molar-refractivity contribution in [2.24, 2.45) is 4.99 Å². The van der Waals surface area contributed by atoms with Crippen molar-refractivity contribution in [3.05, 3.63) is 71.3 Å². The van der Waals surface area contributed by atoms with E-state index in [1.807, 2.05) is 60.4 Å². The van der Waals surface area contributed by atoms with Gasteiger partial charge in [0.25, 0.3) is 0 Å². The van der Waals surface area contributed by atoms with Crippen molar-refractivity contribution in [1.29, 1.82) is 5.26 Å². The maximum absolute atomic E-state index is 12.3. The molecule has 0 radical (unpaired) electrons. The molecular weight excluding hydrogens is 360 g/mol. The average molecular weight is 386 g/mol. The summed E-state index contributed by atoms with van der Waals surface area (Å²) in [5.74, 6) is 0.0427. The largest absolute Gasteiger partial charge is 0.378 e. The van der Waals surface area contributed by atoms with Crippen molar-refractivity contribution in [3.63, 3.8) is 0 Å². The Labute approximate surface area is 172 Å². The van der Waals surface area contributed by atoms with Crippen LogP contribution in [0.4, 0.5) is 11.4 Å². The SMILES string of the molecule is C/C=C\C(=NC)c1ccc2c(c1)C(Nc1ccc(C#N)cc1)CC(C)N2C(C)=O. The maximum Gasteiger partial charge on any atom is 0.224 e. The third-order valence-electron chi connectivity index (χ3n) is 5.24. The molecule has 1 N–H and O–H groups in total. The van der Waals surface area contributed by atoms with Gasteiger partial charge in [-0.15, -0.1) is 0 Å². The number of anilines is 2. The van der Waals surface area contributed by atoms with Gasteiger partial charge >= 0.3 is 0 Å². The van der Waals surface area contributed by atoms with Crippen molar-refractivity contribution in [1.82, 2.24) is 0 Å². The molecule has 0 saturated carbocycles. The number of nitrogens with zero attached hydrogens (tertiary/aromatic N) is 3. The van der Waals surface area contributed by atoms with Crippen molar-refractivity contribution >= 4 is 23.0 Å². The van der Waals surface area contributed by atoms with E-state index >= 15 is 0 Å². The molecule has 3 rings (SSSR count). The molecule has 0 saturated heterocycles. The first kappa shape index (κ1) is 20.3. The summed E-state index contributed by atoms with van der Waals surface area (Å²) in [6, 6.07) is 15.9. The molecule has 1 heterocycles. The molecule has 2 aromatic rings. The summed E-state index contributed by atoms with van der Waals surface area (Å²) in [6.45, 7) is 5.66. The van der Waals surface area contributed by atoms with Crippen LogP contribution in [0.15, 0.2) is 59.6 Å². The molecule has 0 aliphatic carbocycles. The fraction of sp³-hybridized carbons (Fsp3) is 0.292. The molecule has 148 valence electrons. The highest BCUT2D eigenvalue weighted by Crippen LogP contribution is 2.39. The Hall–Kier alpha value is -3.39. The van der Waals surface area contributed by atoms with Crippen molar-refractivity contribution in [2.75, 3.05) is 17.3 Å². The van der Waals surface area contributed by atoms with E-state index in [0.29, 0.717) is 5.56 Å². The van der Waals surface area contributed by atoms with Gasteiger partial charge in [-0.2, -0.15) is 5.26 Å². The van der Waals surface area contributed by atoms with E-state index in [0.717, 1.165) is 34.6 Å². The highest BCUT2D eigenvalue weighted by atomic mass is 16.2. The second-order valence-corrected chi connectivity index (χ2v) is 7.24. The lowest BCUT2D eigenvalue weighted by atomic mass is 9.89. The minimum Gasteiger partial charge on any atom is -0.378 e. The van der Waals surface area contributed by atoms with Crippen LogP contribution in [0.2, 0.25) is 0 Å². The van der Waals surface area contributed by atoms with Gasteiger partial charge in [-0.1, -0.05) is 12.1 Å². The Morgan fingerprint density at radius 1 is 1.28 bits per heavy atom. The predicted molar refractivity (Wildman–Crippen MR) is 118 cm³/mol. The van der Waals surface area contributed by atoms with Gasteiger partial charge in [-0.25, -0.2) is 0 Å². The molecule has 0 spiro atoms. The first-order chi connectivity index (χ1) is 14.0. The van der Waals surface area contributed by atoms with Crippen molar-refractivity contribution in [2.45, 2.75) is 39.3 Å². The number of carbonyl (C=O) groups is 1. The van der Waals surface area contributed by atoms with E-state index in [1.165, 1.54) is 0 Å². The number of rotatable bonds is 4. The first-order valence-electron chi connectivity index (χ1n) is 9.78. The molecule has 1 aliphatic heterocycles. The second kappa shape index (κ2) is 8.74.